The van der Waals surface area contributed by atoms with Gasteiger partial charge in [-0.3, -0.25) is 9.59 Å². The first-order chi connectivity index (χ1) is 10.1. The van der Waals surface area contributed by atoms with Gasteiger partial charge < -0.3 is 9.64 Å². The molecule has 0 aliphatic carbocycles. The van der Waals surface area contributed by atoms with Crippen molar-refractivity contribution in [1.29, 1.82) is 0 Å². The van der Waals surface area contributed by atoms with Crippen LogP contribution in [0, 0.1) is 5.82 Å². The Bertz CT molecular complexity index is 501. The van der Waals surface area contributed by atoms with E-state index in [2.05, 4.69) is 4.74 Å². The first-order valence-corrected chi connectivity index (χ1v) is 7.23. The van der Waals surface area contributed by atoms with Crippen LogP contribution in [0.1, 0.15) is 43.7 Å². The summed E-state index contributed by atoms with van der Waals surface area (Å²) < 4.78 is 17.6. The zero-order valence-corrected chi connectivity index (χ0v) is 12.2. The van der Waals surface area contributed by atoms with Crippen LogP contribution < -0.4 is 0 Å². The summed E-state index contributed by atoms with van der Waals surface area (Å²) in [7, 11) is 1.31. The molecule has 1 saturated heterocycles. The average Bonchev–Trinajstić information content (AvgIpc) is 2.53. The van der Waals surface area contributed by atoms with Gasteiger partial charge in [0.05, 0.1) is 19.6 Å². The molecule has 0 bridgehead atoms. The molecule has 2 rings (SSSR count). The number of ether oxygens (including phenoxy) is 1. The second kappa shape index (κ2) is 7.20. The van der Waals surface area contributed by atoms with E-state index >= 15 is 0 Å². The normalized spacial score (nSPS) is 18.4. The van der Waals surface area contributed by atoms with Gasteiger partial charge in [-0.15, -0.1) is 0 Å². The van der Waals surface area contributed by atoms with Crippen LogP contribution in [0.15, 0.2) is 24.3 Å². The molecule has 0 radical (unpaired) electrons. The van der Waals surface area contributed by atoms with E-state index in [0.717, 1.165) is 24.8 Å². The van der Waals surface area contributed by atoms with Gasteiger partial charge >= 0.3 is 5.97 Å². The van der Waals surface area contributed by atoms with Gasteiger partial charge in [0.2, 0.25) is 5.91 Å². The Hall–Kier alpha value is -1.91. The Morgan fingerprint density at radius 3 is 2.62 bits per heavy atom. The maximum atomic E-state index is 13.0. The van der Waals surface area contributed by atoms with E-state index in [1.807, 2.05) is 0 Å². The summed E-state index contributed by atoms with van der Waals surface area (Å²) in [5.74, 6) is -0.703. The lowest BCUT2D eigenvalue weighted by Crippen LogP contribution is -2.38. The Morgan fingerprint density at radius 2 is 1.95 bits per heavy atom. The molecule has 1 aromatic rings. The SMILES string of the molecule is COC(=O)CCC(=O)N1CCCC[C@@H]1c1ccc(F)cc1. The maximum absolute atomic E-state index is 13.0. The molecular formula is C16H20FNO3. The van der Waals surface area contributed by atoms with Gasteiger partial charge in [-0.2, -0.15) is 0 Å². The lowest BCUT2D eigenvalue weighted by molar-refractivity contribution is -0.144. The van der Waals surface area contributed by atoms with E-state index < -0.39 is 0 Å². The molecule has 0 saturated carbocycles. The molecule has 1 amide bonds. The molecular weight excluding hydrogens is 273 g/mol. The second-order valence-corrected chi connectivity index (χ2v) is 5.23. The third-order valence-electron chi connectivity index (χ3n) is 3.85. The number of halogens is 1. The number of benzene rings is 1. The Kier molecular flexibility index (Phi) is 5.31. The fourth-order valence-corrected chi connectivity index (χ4v) is 2.72. The smallest absolute Gasteiger partial charge is 0.306 e. The topological polar surface area (TPSA) is 46.6 Å². The highest BCUT2D eigenvalue weighted by molar-refractivity contribution is 5.81. The first-order valence-electron chi connectivity index (χ1n) is 7.23. The van der Waals surface area contributed by atoms with Crippen molar-refractivity contribution in [2.75, 3.05) is 13.7 Å². The van der Waals surface area contributed by atoms with Crippen molar-refractivity contribution in [3.8, 4) is 0 Å². The Labute approximate surface area is 123 Å². The molecule has 5 heteroatoms. The number of hydrogen-bond acceptors (Lipinski definition) is 3. The number of rotatable bonds is 4. The molecule has 4 nitrogen and oxygen atoms in total. The fraction of sp³-hybridized carbons (Fsp3) is 0.500. The third-order valence-corrected chi connectivity index (χ3v) is 3.85. The summed E-state index contributed by atoms with van der Waals surface area (Å²) in [6.07, 6.45) is 3.13. The van der Waals surface area contributed by atoms with Crippen LogP contribution in [0.4, 0.5) is 4.39 Å². The zero-order chi connectivity index (χ0) is 15.2. The summed E-state index contributed by atoms with van der Waals surface area (Å²) in [6, 6.07) is 6.27. The van der Waals surface area contributed by atoms with Crippen molar-refractivity contribution in [1.82, 2.24) is 4.90 Å². The van der Waals surface area contributed by atoms with E-state index in [1.54, 1.807) is 17.0 Å². The standard InChI is InChI=1S/C16H20FNO3/c1-21-16(20)10-9-15(19)18-11-3-2-4-14(18)12-5-7-13(17)8-6-12/h5-8,14H,2-4,9-11H2,1H3/t14-/m1/s1. The number of likely N-dealkylation sites (tertiary alicyclic amines) is 1. The van der Waals surface area contributed by atoms with Gasteiger partial charge in [0.1, 0.15) is 5.82 Å². The van der Waals surface area contributed by atoms with Crippen molar-refractivity contribution >= 4 is 11.9 Å². The first kappa shape index (κ1) is 15.5. The summed E-state index contributed by atoms with van der Waals surface area (Å²) >= 11 is 0. The predicted octanol–water partition coefficient (Wildman–Crippen LogP) is 2.83. The Balaban J connectivity index is 2.06. The van der Waals surface area contributed by atoms with Crippen molar-refractivity contribution in [2.24, 2.45) is 0 Å². The molecule has 0 N–H and O–H groups in total. The highest BCUT2D eigenvalue weighted by atomic mass is 19.1. The lowest BCUT2D eigenvalue weighted by atomic mass is 9.94. The average molecular weight is 293 g/mol. The number of esters is 1. The van der Waals surface area contributed by atoms with Crippen LogP contribution in [0.3, 0.4) is 0 Å². The Morgan fingerprint density at radius 1 is 1.24 bits per heavy atom. The maximum Gasteiger partial charge on any atom is 0.306 e. The minimum atomic E-state index is -0.376. The molecule has 0 unspecified atom stereocenters. The summed E-state index contributed by atoms with van der Waals surface area (Å²) in [5, 5.41) is 0. The quantitative estimate of drug-likeness (QED) is 0.802. The van der Waals surface area contributed by atoms with Crippen LogP contribution in [0.2, 0.25) is 0 Å². The molecule has 114 valence electrons. The molecule has 1 aliphatic heterocycles. The van der Waals surface area contributed by atoms with E-state index in [4.69, 9.17) is 0 Å². The monoisotopic (exact) mass is 293 g/mol. The zero-order valence-electron chi connectivity index (χ0n) is 12.2. The van der Waals surface area contributed by atoms with Crippen LogP contribution >= 0.6 is 0 Å². The fourth-order valence-electron chi connectivity index (χ4n) is 2.72. The van der Waals surface area contributed by atoms with E-state index in [9.17, 15) is 14.0 Å². The van der Waals surface area contributed by atoms with Gasteiger partial charge in [0, 0.05) is 13.0 Å². The molecule has 1 fully saturated rings. The molecule has 0 spiro atoms. The second-order valence-electron chi connectivity index (χ2n) is 5.23. The molecule has 0 aromatic heterocycles. The van der Waals surface area contributed by atoms with Crippen LogP contribution in [0.25, 0.3) is 0 Å². The van der Waals surface area contributed by atoms with Crippen molar-refractivity contribution in [2.45, 2.75) is 38.1 Å². The van der Waals surface area contributed by atoms with Gasteiger partial charge in [0.15, 0.2) is 0 Å². The molecule has 1 heterocycles. The molecule has 1 aromatic carbocycles. The van der Waals surface area contributed by atoms with E-state index in [0.29, 0.717) is 6.54 Å². The number of nitrogens with zero attached hydrogens (tertiary/aromatic N) is 1. The number of piperidine rings is 1. The summed E-state index contributed by atoms with van der Waals surface area (Å²) in [4.78, 5) is 25.3. The number of hydrogen-bond donors (Lipinski definition) is 0. The third kappa shape index (κ3) is 4.03. The van der Waals surface area contributed by atoms with Crippen molar-refractivity contribution < 1.29 is 18.7 Å². The van der Waals surface area contributed by atoms with Crippen molar-refractivity contribution in [3.05, 3.63) is 35.6 Å². The number of amides is 1. The highest BCUT2D eigenvalue weighted by Crippen LogP contribution is 2.31. The molecule has 1 atom stereocenters. The predicted molar refractivity (Wildman–Crippen MR) is 76.0 cm³/mol. The van der Waals surface area contributed by atoms with Crippen molar-refractivity contribution in [3.63, 3.8) is 0 Å². The van der Waals surface area contributed by atoms with E-state index in [-0.39, 0.29) is 36.6 Å². The van der Waals surface area contributed by atoms with Gasteiger partial charge in [-0.1, -0.05) is 12.1 Å². The van der Waals surface area contributed by atoms with Gasteiger partial charge in [-0.05, 0) is 37.0 Å². The largest absolute Gasteiger partial charge is 0.469 e. The van der Waals surface area contributed by atoms with Crippen LogP contribution in [-0.2, 0) is 14.3 Å². The number of carbonyl (C=O) groups excluding carboxylic acids is 2. The van der Waals surface area contributed by atoms with Gasteiger partial charge in [-0.25, -0.2) is 4.39 Å². The van der Waals surface area contributed by atoms with Crippen LogP contribution in [0.5, 0.6) is 0 Å². The summed E-state index contributed by atoms with van der Waals surface area (Å²) in [6.45, 7) is 0.683. The highest BCUT2D eigenvalue weighted by Gasteiger charge is 2.28. The number of carbonyl (C=O) groups is 2. The van der Waals surface area contributed by atoms with Gasteiger partial charge in [0.25, 0.3) is 0 Å². The molecule has 21 heavy (non-hydrogen) atoms. The molecule has 1 aliphatic rings. The lowest BCUT2D eigenvalue weighted by Gasteiger charge is -2.36. The minimum absolute atomic E-state index is 0.0236. The van der Waals surface area contributed by atoms with Crippen LogP contribution in [-0.4, -0.2) is 30.4 Å². The van der Waals surface area contributed by atoms with E-state index in [1.165, 1.54) is 19.2 Å². The summed E-state index contributed by atoms with van der Waals surface area (Å²) in [5.41, 5.74) is 0.947. The minimum Gasteiger partial charge on any atom is -0.469 e. The number of methoxy groups -OCH3 is 1.